The molecule has 0 spiro atoms. The van der Waals surface area contributed by atoms with Gasteiger partial charge in [-0.1, -0.05) is 13.8 Å². The van der Waals surface area contributed by atoms with Gasteiger partial charge in [0.05, 0.1) is 16.8 Å². The van der Waals surface area contributed by atoms with Crippen LogP contribution in [-0.4, -0.2) is 22.4 Å². The maximum atomic E-state index is 13.7. The zero-order valence-corrected chi connectivity index (χ0v) is 11.3. The molecule has 1 aromatic carbocycles. The smallest absolute Gasteiger partial charge is 0.266 e. The summed E-state index contributed by atoms with van der Waals surface area (Å²) in [4.78, 5) is 24.7. The van der Waals surface area contributed by atoms with Crippen LogP contribution in [0.2, 0.25) is 0 Å². The van der Waals surface area contributed by atoms with Gasteiger partial charge in [-0.15, -0.1) is 0 Å². The van der Waals surface area contributed by atoms with Crippen LogP contribution in [0.1, 0.15) is 47.4 Å². The van der Waals surface area contributed by atoms with Gasteiger partial charge < -0.3 is 5.73 Å². The minimum Gasteiger partial charge on any atom is -0.308 e. The van der Waals surface area contributed by atoms with Gasteiger partial charge in [-0.2, -0.15) is 0 Å². The van der Waals surface area contributed by atoms with E-state index in [0.717, 1.165) is 0 Å². The summed E-state index contributed by atoms with van der Waals surface area (Å²) in [5, 5.41) is 0. The molecule has 1 aliphatic heterocycles. The fraction of sp³-hybridized carbons (Fsp3) is 0.385. The average Bonchev–Trinajstić information content (AvgIpc) is 2.74. The van der Waals surface area contributed by atoms with Crippen LogP contribution in [0.5, 0.6) is 0 Å². The summed E-state index contributed by atoms with van der Waals surface area (Å²) in [6.07, 6.45) is 0.229. The van der Waals surface area contributed by atoms with Crippen molar-refractivity contribution in [2.75, 3.05) is 0 Å². The average molecular weight is 304 g/mol. The highest BCUT2D eigenvalue weighted by Gasteiger charge is 2.50. The van der Waals surface area contributed by atoms with Crippen LogP contribution >= 0.6 is 0 Å². The number of amides is 2. The molecule has 21 heavy (non-hydrogen) atoms. The summed E-state index contributed by atoms with van der Waals surface area (Å²) in [6, 6.07) is 0. The Hall–Kier alpha value is -1.96. The lowest BCUT2D eigenvalue weighted by atomic mass is 10.0. The van der Waals surface area contributed by atoms with Gasteiger partial charge in [0.2, 0.25) is 0 Å². The molecule has 0 bridgehead atoms. The van der Waals surface area contributed by atoms with Gasteiger partial charge in [-0.3, -0.25) is 14.5 Å². The minimum atomic E-state index is -2.13. The number of benzene rings is 1. The fourth-order valence-electron chi connectivity index (χ4n) is 2.32. The monoisotopic (exact) mass is 304 g/mol. The van der Waals surface area contributed by atoms with Gasteiger partial charge in [-0.05, 0) is 12.8 Å². The van der Waals surface area contributed by atoms with Crippen LogP contribution in [-0.2, 0) is 0 Å². The largest absolute Gasteiger partial charge is 0.308 e. The van der Waals surface area contributed by atoms with Crippen molar-refractivity contribution in [3.63, 3.8) is 0 Å². The number of carbonyl (C=O) groups excluding carboxylic acids is 2. The Bertz CT molecular complexity index is 609. The molecule has 1 aliphatic rings. The molecule has 4 nitrogen and oxygen atoms in total. The number of carbonyl (C=O) groups is 2. The maximum Gasteiger partial charge on any atom is 0.266 e. The number of hydrogen-bond acceptors (Lipinski definition) is 3. The van der Waals surface area contributed by atoms with E-state index in [1.165, 1.54) is 0 Å². The van der Waals surface area contributed by atoms with E-state index in [-0.39, 0.29) is 12.8 Å². The maximum absolute atomic E-state index is 13.7. The summed E-state index contributed by atoms with van der Waals surface area (Å²) in [7, 11) is 0. The predicted molar refractivity (Wildman–Crippen MR) is 64.3 cm³/mol. The van der Waals surface area contributed by atoms with Crippen molar-refractivity contribution in [1.82, 2.24) is 4.90 Å². The molecule has 0 unspecified atom stereocenters. The highest BCUT2D eigenvalue weighted by molar-refractivity contribution is 6.22. The summed E-state index contributed by atoms with van der Waals surface area (Å²) in [5.41, 5.74) is 2.17. The number of halogens is 4. The zero-order chi connectivity index (χ0) is 16.1. The second-order valence-electron chi connectivity index (χ2n) is 4.76. The Kier molecular flexibility index (Phi) is 3.53. The highest BCUT2D eigenvalue weighted by Crippen LogP contribution is 2.35. The SMILES string of the molecule is CCC(N)(CC)N1C(=O)c2c(F)c(F)c(F)c(F)c2C1=O. The van der Waals surface area contributed by atoms with Crippen LogP contribution in [0.25, 0.3) is 0 Å². The second kappa shape index (κ2) is 4.80. The summed E-state index contributed by atoms with van der Waals surface area (Å²) in [5.74, 6) is -10.6. The third-order valence-electron chi connectivity index (χ3n) is 3.77. The molecule has 8 heteroatoms. The van der Waals surface area contributed by atoms with Gasteiger partial charge in [0.25, 0.3) is 11.8 Å². The third-order valence-corrected chi connectivity index (χ3v) is 3.77. The third kappa shape index (κ3) is 1.85. The van der Waals surface area contributed by atoms with Gasteiger partial charge in [0.15, 0.2) is 23.3 Å². The van der Waals surface area contributed by atoms with Crippen LogP contribution < -0.4 is 5.73 Å². The molecule has 0 fully saturated rings. The number of hydrogen-bond donors (Lipinski definition) is 1. The van der Waals surface area contributed by atoms with Gasteiger partial charge in [-0.25, -0.2) is 17.6 Å². The van der Waals surface area contributed by atoms with E-state index in [0.29, 0.717) is 4.90 Å². The Balaban J connectivity index is 2.74. The van der Waals surface area contributed by atoms with Crippen LogP contribution in [0.4, 0.5) is 17.6 Å². The molecule has 2 amide bonds. The Labute approximate surface area is 117 Å². The zero-order valence-electron chi connectivity index (χ0n) is 11.3. The normalized spacial score (nSPS) is 14.9. The molecule has 1 heterocycles. The van der Waals surface area contributed by atoms with Crippen molar-refractivity contribution in [3.8, 4) is 0 Å². The lowest BCUT2D eigenvalue weighted by Gasteiger charge is -2.35. The molecule has 0 saturated carbocycles. The topological polar surface area (TPSA) is 63.4 Å². The molecule has 0 saturated heterocycles. The first-order valence-electron chi connectivity index (χ1n) is 6.24. The first-order chi connectivity index (χ1) is 9.71. The quantitative estimate of drug-likeness (QED) is 0.403. The van der Waals surface area contributed by atoms with E-state index < -0.39 is 51.9 Å². The van der Waals surface area contributed by atoms with E-state index in [1.807, 2.05) is 0 Å². The summed E-state index contributed by atoms with van der Waals surface area (Å²) in [6.45, 7) is 3.14. The number of imide groups is 1. The Morgan fingerprint density at radius 1 is 0.857 bits per heavy atom. The number of fused-ring (bicyclic) bond motifs is 1. The van der Waals surface area contributed by atoms with Crippen molar-refractivity contribution in [2.45, 2.75) is 32.4 Å². The molecule has 1 aromatic rings. The summed E-state index contributed by atoms with van der Waals surface area (Å²) >= 11 is 0. The van der Waals surface area contributed by atoms with E-state index in [4.69, 9.17) is 5.73 Å². The first kappa shape index (κ1) is 15.4. The predicted octanol–water partition coefficient (Wildman–Crippen LogP) is 2.31. The molecule has 0 aliphatic carbocycles. The van der Waals surface area contributed by atoms with E-state index in [2.05, 4.69) is 0 Å². The molecule has 2 rings (SSSR count). The van der Waals surface area contributed by atoms with Gasteiger partial charge >= 0.3 is 0 Å². The Morgan fingerprint density at radius 2 is 1.19 bits per heavy atom. The molecular formula is C13H12F4N2O2. The van der Waals surface area contributed by atoms with Crippen molar-refractivity contribution in [3.05, 3.63) is 34.4 Å². The van der Waals surface area contributed by atoms with Gasteiger partial charge in [0.1, 0.15) is 0 Å². The number of nitrogens with two attached hydrogens (primary N) is 1. The molecular weight excluding hydrogens is 292 g/mol. The molecule has 0 aromatic heterocycles. The number of rotatable bonds is 3. The van der Waals surface area contributed by atoms with Crippen LogP contribution in [0.15, 0.2) is 0 Å². The molecule has 0 atom stereocenters. The van der Waals surface area contributed by atoms with E-state index in [1.54, 1.807) is 13.8 Å². The standard InChI is InChI=1S/C13H12F4N2O2/c1-3-13(18,4-2)19-11(20)5-6(12(19)21)8(15)10(17)9(16)7(5)14/h3-4,18H2,1-2H3. The van der Waals surface area contributed by atoms with Crippen molar-refractivity contribution in [1.29, 1.82) is 0 Å². The lowest BCUT2D eigenvalue weighted by Crippen LogP contribution is -2.57. The van der Waals surface area contributed by atoms with Crippen LogP contribution in [0.3, 0.4) is 0 Å². The van der Waals surface area contributed by atoms with Crippen molar-refractivity contribution >= 4 is 11.8 Å². The molecule has 2 N–H and O–H groups in total. The second-order valence-corrected chi connectivity index (χ2v) is 4.76. The summed E-state index contributed by atoms with van der Waals surface area (Å²) < 4.78 is 53.9. The highest BCUT2D eigenvalue weighted by atomic mass is 19.2. The van der Waals surface area contributed by atoms with E-state index in [9.17, 15) is 27.2 Å². The fourth-order valence-corrected chi connectivity index (χ4v) is 2.32. The van der Waals surface area contributed by atoms with Crippen molar-refractivity contribution < 1.29 is 27.2 Å². The van der Waals surface area contributed by atoms with Gasteiger partial charge in [0, 0.05) is 0 Å². The first-order valence-corrected chi connectivity index (χ1v) is 6.24. The minimum absolute atomic E-state index is 0.114. The van der Waals surface area contributed by atoms with Crippen LogP contribution in [0, 0.1) is 23.3 Å². The number of nitrogens with zero attached hydrogens (tertiary/aromatic N) is 1. The lowest BCUT2D eigenvalue weighted by molar-refractivity contribution is 0.0407. The molecule has 114 valence electrons. The Morgan fingerprint density at radius 3 is 1.48 bits per heavy atom. The van der Waals surface area contributed by atoms with E-state index >= 15 is 0 Å². The van der Waals surface area contributed by atoms with Crippen molar-refractivity contribution in [2.24, 2.45) is 5.73 Å². The molecule has 0 radical (unpaired) electrons.